The van der Waals surface area contributed by atoms with Crippen molar-refractivity contribution in [3.63, 3.8) is 0 Å². The number of hydrogen-bond acceptors (Lipinski definition) is 3. The summed E-state index contributed by atoms with van der Waals surface area (Å²) in [7, 11) is 0. The van der Waals surface area contributed by atoms with Crippen LogP contribution in [0.4, 0.5) is 5.69 Å². The van der Waals surface area contributed by atoms with E-state index in [1.807, 2.05) is 42.5 Å². The third-order valence-corrected chi connectivity index (χ3v) is 6.22. The van der Waals surface area contributed by atoms with Crippen molar-refractivity contribution >= 4 is 17.6 Å². The second kappa shape index (κ2) is 6.57. The van der Waals surface area contributed by atoms with Crippen LogP contribution >= 0.6 is 0 Å². The van der Waals surface area contributed by atoms with Gasteiger partial charge in [0, 0.05) is 11.6 Å². The van der Waals surface area contributed by atoms with E-state index in [9.17, 15) is 14.7 Å². The molecule has 5 nitrogen and oxygen atoms in total. The second-order valence-electron chi connectivity index (χ2n) is 7.88. The second-order valence-corrected chi connectivity index (χ2v) is 7.88. The number of hydrogen-bond donors (Lipinski definition) is 1. The molecule has 2 aliphatic rings. The Kier molecular flexibility index (Phi) is 3.97. The summed E-state index contributed by atoms with van der Waals surface area (Å²) in [5.41, 5.74) is 4.00. The Balaban J connectivity index is 1.50. The number of carboxylic acid groups (broad SMARTS) is 1. The van der Waals surface area contributed by atoms with Crippen molar-refractivity contribution in [2.45, 2.75) is 24.3 Å². The van der Waals surface area contributed by atoms with Gasteiger partial charge >= 0.3 is 5.97 Å². The molecule has 0 saturated heterocycles. The van der Waals surface area contributed by atoms with E-state index in [4.69, 9.17) is 5.26 Å². The molecule has 1 aliphatic heterocycles. The number of aromatic carboxylic acids is 1. The number of anilines is 1. The summed E-state index contributed by atoms with van der Waals surface area (Å²) in [5.74, 6) is -0.849. The average Bonchev–Trinajstić information content (AvgIpc) is 3.49. The molecule has 5 rings (SSSR count). The number of carbonyl (C=O) groups is 2. The van der Waals surface area contributed by atoms with Crippen molar-refractivity contribution < 1.29 is 14.7 Å². The van der Waals surface area contributed by atoms with Crippen molar-refractivity contribution in [3.05, 3.63) is 101 Å². The molecule has 3 aromatic rings. The number of para-hydroxylation sites is 1. The standard InChI is InChI=1S/C25H18N2O3/c26-14-16-8-10-18(11-9-16)21-13-25(21)20-6-1-2-7-22(20)27(24(25)30)15-17-4-3-5-19(12-17)23(28)29/h1-12,21H,13,15H2,(H,28,29). The molecule has 146 valence electrons. The lowest BCUT2D eigenvalue weighted by Gasteiger charge is -2.19. The molecule has 1 aliphatic carbocycles. The van der Waals surface area contributed by atoms with Gasteiger partial charge in [0.2, 0.25) is 5.91 Å². The van der Waals surface area contributed by atoms with Crippen molar-refractivity contribution in [1.29, 1.82) is 5.26 Å². The Hall–Kier alpha value is -3.91. The number of fused-ring (bicyclic) bond motifs is 2. The van der Waals surface area contributed by atoms with Gasteiger partial charge in [-0.15, -0.1) is 0 Å². The number of benzene rings is 3. The highest BCUT2D eigenvalue weighted by Crippen LogP contribution is 2.66. The monoisotopic (exact) mass is 394 g/mol. The lowest BCUT2D eigenvalue weighted by molar-refractivity contribution is -0.120. The molecule has 1 fully saturated rings. The fourth-order valence-electron chi connectivity index (χ4n) is 4.68. The minimum atomic E-state index is -0.982. The third kappa shape index (κ3) is 2.61. The van der Waals surface area contributed by atoms with E-state index >= 15 is 0 Å². The first-order valence-corrected chi connectivity index (χ1v) is 9.78. The molecule has 1 heterocycles. The van der Waals surface area contributed by atoms with Gasteiger partial charge < -0.3 is 10.0 Å². The van der Waals surface area contributed by atoms with E-state index < -0.39 is 11.4 Å². The molecule has 2 atom stereocenters. The first-order valence-electron chi connectivity index (χ1n) is 9.78. The van der Waals surface area contributed by atoms with Gasteiger partial charge in [-0.1, -0.05) is 42.5 Å². The van der Waals surface area contributed by atoms with E-state index in [1.54, 1.807) is 35.2 Å². The summed E-state index contributed by atoms with van der Waals surface area (Å²) >= 11 is 0. The number of carboxylic acids is 1. The topological polar surface area (TPSA) is 81.4 Å². The Morgan fingerprint density at radius 3 is 2.60 bits per heavy atom. The minimum Gasteiger partial charge on any atom is -0.478 e. The Morgan fingerprint density at radius 1 is 1.10 bits per heavy atom. The zero-order valence-electron chi connectivity index (χ0n) is 16.1. The van der Waals surface area contributed by atoms with Gasteiger partial charge in [-0.3, -0.25) is 4.79 Å². The molecule has 0 radical (unpaired) electrons. The predicted octanol–water partition coefficient (Wildman–Crippen LogP) is 4.23. The molecule has 30 heavy (non-hydrogen) atoms. The van der Waals surface area contributed by atoms with Crippen molar-refractivity contribution in [2.75, 3.05) is 4.90 Å². The van der Waals surface area contributed by atoms with Crippen LogP contribution in [0.5, 0.6) is 0 Å². The van der Waals surface area contributed by atoms with Gasteiger partial charge in [0.25, 0.3) is 0 Å². The normalized spacial score (nSPS) is 21.4. The lowest BCUT2D eigenvalue weighted by Crippen LogP contribution is -2.32. The van der Waals surface area contributed by atoms with Gasteiger partial charge in [0.1, 0.15) is 0 Å². The van der Waals surface area contributed by atoms with Crippen LogP contribution in [-0.4, -0.2) is 17.0 Å². The maximum absolute atomic E-state index is 13.6. The summed E-state index contributed by atoms with van der Waals surface area (Å²) in [5, 5.41) is 18.3. The van der Waals surface area contributed by atoms with Crippen LogP contribution in [-0.2, 0) is 16.8 Å². The zero-order chi connectivity index (χ0) is 20.9. The Morgan fingerprint density at radius 2 is 1.87 bits per heavy atom. The SMILES string of the molecule is N#Cc1ccc(C2CC23C(=O)N(Cc2cccc(C(=O)O)c2)c2ccccc23)cc1. The van der Waals surface area contributed by atoms with Crippen LogP contribution in [0, 0.1) is 11.3 Å². The van der Waals surface area contributed by atoms with Crippen LogP contribution in [0.15, 0.2) is 72.8 Å². The summed E-state index contributed by atoms with van der Waals surface area (Å²) in [4.78, 5) is 26.7. The summed E-state index contributed by atoms with van der Waals surface area (Å²) in [6.07, 6.45) is 0.737. The Bertz CT molecular complexity index is 1230. The van der Waals surface area contributed by atoms with Crippen molar-refractivity contribution in [2.24, 2.45) is 0 Å². The predicted molar refractivity (Wildman–Crippen MR) is 111 cm³/mol. The van der Waals surface area contributed by atoms with Gasteiger partial charge in [0.15, 0.2) is 0 Å². The van der Waals surface area contributed by atoms with Crippen LogP contribution in [0.25, 0.3) is 0 Å². The highest BCUT2D eigenvalue weighted by molar-refractivity contribution is 6.11. The maximum Gasteiger partial charge on any atom is 0.335 e. The number of rotatable bonds is 4. The maximum atomic E-state index is 13.6. The molecule has 1 saturated carbocycles. The summed E-state index contributed by atoms with van der Waals surface area (Å²) in [6, 6.07) is 24.2. The van der Waals surface area contributed by atoms with Gasteiger partial charge in [-0.2, -0.15) is 5.26 Å². The van der Waals surface area contributed by atoms with E-state index in [0.717, 1.165) is 28.8 Å². The molecule has 1 spiro atoms. The summed E-state index contributed by atoms with van der Waals surface area (Å²) in [6.45, 7) is 0.332. The van der Waals surface area contributed by atoms with Crippen LogP contribution in [0.3, 0.4) is 0 Å². The van der Waals surface area contributed by atoms with Crippen molar-refractivity contribution in [1.82, 2.24) is 0 Å². The Labute approximate surface area is 173 Å². The first kappa shape index (κ1) is 18.1. The van der Waals surface area contributed by atoms with E-state index in [-0.39, 0.29) is 17.4 Å². The molecular weight excluding hydrogens is 376 g/mol. The molecule has 1 amide bonds. The number of nitrogens with zero attached hydrogens (tertiary/aromatic N) is 2. The molecule has 2 unspecified atom stereocenters. The highest BCUT2D eigenvalue weighted by Gasteiger charge is 2.66. The lowest BCUT2D eigenvalue weighted by atomic mass is 9.92. The minimum absolute atomic E-state index is 0.0544. The van der Waals surface area contributed by atoms with E-state index in [0.29, 0.717) is 12.1 Å². The highest BCUT2D eigenvalue weighted by atomic mass is 16.4. The fraction of sp³-hybridized carbons (Fsp3) is 0.160. The fourth-order valence-corrected chi connectivity index (χ4v) is 4.68. The number of amides is 1. The van der Waals surface area contributed by atoms with Gasteiger partial charge in [0.05, 0.1) is 29.2 Å². The van der Waals surface area contributed by atoms with E-state index in [2.05, 4.69) is 6.07 Å². The summed E-state index contributed by atoms with van der Waals surface area (Å²) < 4.78 is 0. The zero-order valence-corrected chi connectivity index (χ0v) is 16.1. The third-order valence-electron chi connectivity index (χ3n) is 6.22. The first-order chi connectivity index (χ1) is 14.5. The number of nitriles is 1. The molecule has 0 aromatic heterocycles. The van der Waals surface area contributed by atoms with Crippen molar-refractivity contribution in [3.8, 4) is 6.07 Å². The molecule has 0 bridgehead atoms. The number of carbonyl (C=O) groups excluding carboxylic acids is 1. The molecule has 3 aromatic carbocycles. The molecule has 5 heteroatoms. The quantitative estimate of drug-likeness (QED) is 0.718. The molecular formula is C25H18N2O3. The smallest absolute Gasteiger partial charge is 0.335 e. The average molecular weight is 394 g/mol. The van der Waals surface area contributed by atoms with Crippen LogP contribution in [0.2, 0.25) is 0 Å². The molecule has 1 N–H and O–H groups in total. The largest absolute Gasteiger partial charge is 0.478 e. The van der Waals surface area contributed by atoms with Crippen LogP contribution < -0.4 is 4.90 Å². The van der Waals surface area contributed by atoms with Gasteiger partial charge in [-0.05, 0) is 53.4 Å². The van der Waals surface area contributed by atoms with E-state index in [1.165, 1.54) is 0 Å². The van der Waals surface area contributed by atoms with Gasteiger partial charge in [-0.25, -0.2) is 4.79 Å². The van der Waals surface area contributed by atoms with Crippen LogP contribution in [0.1, 0.15) is 45.0 Å².